The molecule has 8 nitrogen and oxygen atoms in total. The third-order valence-electron chi connectivity index (χ3n) is 3.78. The molecule has 122 valence electrons. The third kappa shape index (κ3) is 2.13. The van der Waals surface area contributed by atoms with Crippen molar-refractivity contribution in [3.8, 4) is 24.3 Å². The van der Waals surface area contributed by atoms with Crippen molar-refractivity contribution in [2.45, 2.75) is 11.9 Å². The van der Waals surface area contributed by atoms with E-state index in [0.29, 0.717) is 0 Å². The van der Waals surface area contributed by atoms with E-state index in [9.17, 15) is 18.9 Å². The van der Waals surface area contributed by atoms with Crippen molar-refractivity contribution >= 4 is 26.4 Å². The van der Waals surface area contributed by atoms with Gasteiger partial charge < -0.3 is 0 Å². The molecule has 1 aliphatic heterocycles. The molecule has 3 rings (SSSR count). The lowest BCUT2D eigenvalue weighted by Gasteiger charge is -2.03. The molecule has 2 aromatic rings. The van der Waals surface area contributed by atoms with E-state index in [1.807, 2.05) is 12.1 Å². The van der Waals surface area contributed by atoms with Crippen LogP contribution in [0.2, 0.25) is 0 Å². The summed E-state index contributed by atoms with van der Waals surface area (Å²) in [6, 6.07) is 9.66. The van der Waals surface area contributed by atoms with Gasteiger partial charge in [-0.2, -0.15) is 21.0 Å². The molecule has 0 unspecified atom stereocenters. The Morgan fingerprint density at radius 3 is 2.00 bits per heavy atom. The lowest BCUT2D eigenvalue weighted by atomic mass is 10.1. The van der Waals surface area contributed by atoms with Crippen LogP contribution < -0.4 is 0 Å². The summed E-state index contributed by atoms with van der Waals surface area (Å²) in [6.45, 7) is 1.46. The van der Waals surface area contributed by atoms with Crippen LogP contribution in [-0.2, 0) is 9.84 Å². The molecule has 0 aliphatic carbocycles. The summed E-state index contributed by atoms with van der Waals surface area (Å²) in [6.07, 6.45) is 1.27. The van der Waals surface area contributed by atoms with Crippen molar-refractivity contribution in [2.24, 2.45) is 0 Å². The summed E-state index contributed by atoms with van der Waals surface area (Å²) in [5, 5.41) is 36.2. The molecule has 1 aromatic heterocycles. The van der Waals surface area contributed by atoms with Crippen LogP contribution in [0.1, 0.15) is 23.7 Å². The molecule has 26 heavy (non-hydrogen) atoms. The van der Waals surface area contributed by atoms with Crippen molar-refractivity contribution in [3.05, 3.63) is 45.5 Å². The van der Waals surface area contributed by atoms with Gasteiger partial charge in [-0.15, -0.1) is 0 Å². The maximum absolute atomic E-state index is 12.7. The lowest BCUT2D eigenvalue weighted by Crippen LogP contribution is -2.01. The minimum absolute atomic E-state index is 0.0430. The van der Waals surface area contributed by atoms with Gasteiger partial charge in [0.25, 0.3) is 0 Å². The Labute approximate surface area is 148 Å². The Bertz CT molecular complexity index is 1320. The molecule has 0 fully saturated rings. The highest BCUT2D eigenvalue weighted by Gasteiger charge is 2.41. The molecule has 1 aromatic carbocycles. The number of fused-ring (bicyclic) bond motifs is 2. The predicted octanol–water partition coefficient (Wildman–Crippen LogP) is 1.87. The predicted molar refractivity (Wildman–Crippen MR) is 88.1 cm³/mol. The van der Waals surface area contributed by atoms with Gasteiger partial charge >= 0.3 is 0 Å². The average molecular weight is 358 g/mol. The van der Waals surface area contributed by atoms with Gasteiger partial charge in [-0.05, 0) is 19.1 Å². The van der Waals surface area contributed by atoms with Crippen molar-refractivity contribution in [1.29, 1.82) is 21.0 Å². The fourth-order valence-electron chi connectivity index (χ4n) is 2.65. The van der Waals surface area contributed by atoms with Gasteiger partial charge in [-0.3, -0.25) is 0 Å². The lowest BCUT2D eigenvalue weighted by molar-refractivity contribution is 0.601. The van der Waals surface area contributed by atoms with E-state index in [2.05, 4.69) is 9.97 Å². The second-order valence-corrected chi connectivity index (χ2v) is 6.95. The van der Waals surface area contributed by atoms with Gasteiger partial charge in [0, 0.05) is 0 Å². The Hall–Kier alpha value is -4.05. The molecule has 0 saturated carbocycles. The molecule has 1 aliphatic rings. The van der Waals surface area contributed by atoms with Crippen molar-refractivity contribution in [3.63, 3.8) is 0 Å². The Kier molecular flexibility index (Phi) is 3.74. The van der Waals surface area contributed by atoms with E-state index in [0.717, 1.165) is 0 Å². The number of nitriles is 4. The summed E-state index contributed by atoms with van der Waals surface area (Å²) < 4.78 is 25.5. The summed E-state index contributed by atoms with van der Waals surface area (Å²) in [5.74, 6) is 0. The third-order valence-corrected chi connectivity index (χ3v) is 5.59. The van der Waals surface area contributed by atoms with Gasteiger partial charge in [0.05, 0.1) is 32.6 Å². The second kappa shape index (κ2) is 5.79. The summed E-state index contributed by atoms with van der Waals surface area (Å²) in [7, 11) is -4.06. The zero-order valence-corrected chi connectivity index (χ0v) is 14.0. The van der Waals surface area contributed by atoms with Crippen LogP contribution in [0.3, 0.4) is 0 Å². The summed E-state index contributed by atoms with van der Waals surface area (Å²) in [4.78, 5) is 8.10. The highest BCUT2D eigenvalue weighted by Crippen LogP contribution is 2.43. The van der Waals surface area contributed by atoms with Gasteiger partial charge in [0.2, 0.25) is 9.84 Å². The minimum Gasteiger partial charge on any atom is -0.243 e. The van der Waals surface area contributed by atoms with E-state index in [4.69, 9.17) is 10.5 Å². The zero-order valence-electron chi connectivity index (χ0n) is 13.1. The fraction of sp³-hybridized carbons (Fsp3) is 0.0588. The molecule has 0 atom stereocenters. The van der Waals surface area contributed by atoms with Crippen molar-refractivity contribution in [1.82, 2.24) is 9.97 Å². The molecule has 0 spiro atoms. The first-order valence-corrected chi connectivity index (χ1v) is 8.53. The number of rotatable bonds is 0. The van der Waals surface area contributed by atoms with Gasteiger partial charge in [-0.25, -0.2) is 18.4 Å². The topological polar surface area (TPSA) is 155 Å². The number of hydrogen-bond acceptors (Lipinski definition) is 8. The standard InChI is InChI=1S/C17H6N6O2S/c1-2-14-15(11(7-20)8-21)16-17(26(14,24)25)23-13-4-10(6-19)9(5-18)3-12(13)22-16/h2-4H,1H3/b14-2-. The van der Waals surface area contributed by atoms with Crippen LogP contribution >= 0.6 is 0 Å². The van der Waals surface area contributed by atoms with Crippen LogP contribution in [0.5, 0.6) is 0 Å². The number of sulfone groups is 1. The summed E-state index contributed by atoms with van der Waals surface area (Å²) in [5.41, 5.74) is -0.214. The molecular formula is C17H6N6O2S. The maximum Gasteiger partial charge on any atom is 0.226 e. The number of allylic oxidation sites excluding steroid dienone is 3. The molecule has 0 saturated heterocycles. The minimum atomic E-state index is -4.06. The van der Waals surface area contributed by atoms with E-state index in [1.54, 1.807) is 12.1 Å². The number of hydrogen-bond donors (Lipinski definition) is 0. The molecule has 0 N–H and O–H groups in total. The average Bonchev–Trinajstić information content (AvgIpc) is 2.86. The first kappa shape index (κ1) is 16.8. The highest BCUT2D eigenvalue weighted by molar-refractivity contribution is 7.96. The Balaban J connectivity index is 2.54. The first-order valence-electron chi connectivity index (χ1n) is 7.05. The van der Waals surface area contributed by atoms with Crippen LogP contribution in [0, 0.1) is 45.3 Å². The fourth-order valence-corrected chi connectivity index (χ4v) is 4.26. The Morgan fingerprint density at radius 2 is 1.54 bits per heavy atom. The first-order chi connectivity index (χ1) is 12.4. The van der Waals surface area contributed by atoms with Gasteiger partial charge in [-0.1, -0.05) is 6.08 Å². The van der Waals surface area contributed by atoms with Gasteiger partial charge in [0.1, 0.15) is 35.5 Å². The van der Waals surface area contributed by atoms with E-state index in [-0.39, 0.29) is 43.4 Å². The zero-order chi connectivity index (χ0) is 19.1. The van der Waals surface area contributed by atoms with E-state index >= 15 is 0 Å². The van der Waals surface area contributed by atoms with Gasteiger partial charge in [0.15, 0.2) is 5.03 Å². The van der Waals surface area contributed by atoms with Crippen LogP contribution in [0.4, 0.5) is 0 Å². The van der Waals surface area contributed by atoms with E-state index < -0.39 is 15.4 Å². The monoisotopic (exact) mass is 358 g/mol. The molecule has 2 heterocycles. The van der Waals surface area contributed by atoms with Crippen molar-refractivity contribution in [2.75, 3.05) is 0 Å². The molecule has 9 heteroatoms. The van der Waals surface area contributed by atoms with Crippen LogP contribution in [0.15, 0.2) is 33.7 Å². The SMILES string of the molecule is C/C=C1/C(=C(C#N)C#N)c2nc3cc(C#N)c(C#N)cc3nc2S1(=O)=O. The smallest absolute Gasteiger partial charge is 0.226 e. The number of nitrogens with zero attached hydrogens (tertiary/aromatic N) is 6. The summed E-state index contributed by atoms with van der Waals surface area (Å²) >= 11 is 0. The van der Waals surface area contributed by atoms with Crippen molar-refractivity contribution < 1.29 is 8.42 Å². The quantitative estimate of drug-likeness (QED) is 0.646. The number of benzene rings is 1. The van der Waals surface area contributed by atoms with E-state index in [1.165, 1.54) is 25.1 Å². The van der Waals surface area contributed by atoms with Crippen LogP contribution in [-0.4, -0.2) is 18.4 Å². The molecule has 0 amide bonds. The normalized spacial score (nSPS) is 15.6. The number of aromatic nitrogens is 2. The Morgan fingerprint density at radius 1 is 1.00 bits per heavy atom. The molecular weight excluding hydrogens is 352 g/mol. The van der Waals surface area contributed by atoms with Crippen LogP contribution in [0.25, 0.3) is 16.6 Å². The molecule has 0 bridgehead atoms. The molecule has 0 radical (unpaired) electrons. The second-order valence-electron chi connectivity index (χ2n) is 5.12. The maximum atomic E-state index is 12.7. The largest absolute Gasteiger partial charge is 0.243 e. The highest BCUT2D eigenvalue weighted by atomic mass is 32.2.